The molecule has 1 aromatic rings. The number of benzene rings is 1. The van der Waals surface area contributed by atoms with Crippen LogP contribution in [0.1, 0.15) is 23.0 Å². The minimum absolute atomic E-state index is 0.0418. The van der Waals surface area contributed by atoms with Gasteiger partial charge in [0.2, 0.25) is 0 Å². The number of nitrogens with zero attached hydrogens (tertiary/aromatic N) is 1. The van der Waals surface area contributed by atoms with Crippen LogP contribution in [0.3, 0.4) is 0 Å². The van der Waals surface area contributed by atoms with Crippen molar-refractivity contribution in [2.45, 2.75) is 35.1 Å². The molecule has 0 amide bonds. The highest BCUT2D eigenvalue weighted by atomic mass is 79.9. The van der Waals surface area contributed by atoms with Crippen LogP contribution in [-0.2, 0) is 0 Å². The van der Waals surface area contributed by atoms with E-state index in [1.807, 2.05) is 0 Å². The standard InChI is InChI=1S/C20H7BrCl11NO2/c21-5-1-3-4(2-6(5)33(34)35)8-11(18(28)15(25)14(24)17(8,27)20(18,31)32)9-7(3)10-12(22)13(23)16(9,26)19(10,29)30/h1-2,7-11H/t7-,8+,9-,10-,11+,16-,17+,18+/m0/s1. The predicted octanol–water partition coefficient (Wildman–Crippen LogP) is 10.1. The zero-order valence-electron chi connectivity index (χ0n) is 16.3. The van der Waals surface area contributed by atoms with Crippen molar-refractivity contribution in [1.82, 2.24) is 0 Å². The van der Waals surface area contributed by atoms with E-state index in [1.165, 1.54) is 6.07 Å². The number of hydrogen-bond acceptors (Lipinski definition) is 2. The number of nitro groups is 1. The first-order valence-electron chi connectivity index (χ1n) is 9.87. The zero-order valence-corrected chi connectivity index (χ0v) is 26.2. The van der Waals surface area contributed by atoms with Crippen molar-refractivity contribution in [3.8, 4) is 0 Å². The lowest BCUT2D eigenvalue weighted by molar-refractivity contribution is -0.385. The van der Waals surface area contributed by atoms with Crippen LogP contribution in [0, 0.1) is 27.9 Å². The highest BCUT2D eigenvalue weighted by Crippen LogP contribution is 2.87. The largest absolute Gasteiger partial charge is 0.283 e. The van der Waals surface area contributed by atoms with Crippen LogP contribution >= 0.6 is 144 Å². The Hall–Kier alpha value is 1.77. The number of nitro benzene ring substituents is 1. The van der Waals surface area contributed by atoms with Gasteiger partial charge < -0.3 is 0 Å². The van der Waals surface area contributed by atoms with E-state index < -0.39 is 57.8 Å². The SMILES string of the molecule is O=[N+]([O-])c1cc2c(cc1Br)[C@H]1[C@@H]([C@H]3[C@@H]2[C@@]2(Cl)C(Cl)=C(Cl)[C@@]3(Cl)C2(Cl)Cl)[C@]2(Cl)C(Cl)=C(Cl)[C@H]1C2(Cl)Cl. The van der Waals surface area contributed by atoms with Gasteiger partial charge in [-0.1, -0.05) is 92.8 Å². The van der Waals surface area contributed by atoms with Gasteiger partial charge >= 0.3 is 0 Å². The molecule has 15 heteroatoms. The van der Waals surface area contributed by atoms with Gasteiger partial charge in [0.15, 0.2) is 8.67 Å². The molecule has 0 N–H and O–H groups in total. The molecule has 8 atom stereocenters. The second-order valence-corrected chi connectivity index (χ2v) is 16.2. The van der Waals surface area contributed by atoms with Gasteiger partial charge in [-0.15, -0.1) is 34.8 Å². The molecule has 0 aromatic heterocycles. The van der Waals surface area contributed by atoms with Crippen LogP contribution < -0.4 is 0 Å². The Bertz CT molecular complexity index is 1350. The minimum Gasteiger partial charge on any atom is -0.258 e. The molecule has 3 nitrogen and oxygen atoms in total. The molecule has 6 rings (SSSR count). The molecule has 1 aromatic carbocycles. The van der Waals surface area contributed by atoms with Gasteiger partial charge in [-0.2, -0.15) is 0 Å². The van der Waals surface area contributed by atoms with Gasteiger partial charge in [0, 0.05) is 34.8 Å². The zero-order chi connectivity index (χ0) is 26.0. The van der Waals surface area contributed by atoms with Gasteiger partial charge in [0.1, 0.15) is 14.6 Å². The topological polar surface area (TPSA) is 43.1 Å². The Morgan fingerprint density at radius 2 is 1.34 bits per heavy atom. The Morgan fingerprint density at radius 3 is 1.91 bits per heavy atom. The molecule has 5 aliphatic carbocycles. The molecule has 0 unspecified atom stereocenters. The summed E-state index contributed by atoms with van der Waals surface area (Å²) in [7, 11) is 0. The van der Waals surface area contributed by atoms with E-state index in [9.17, 15) is 10.1 Å². The highest BCUT2D eigenvalue weighted by Gasteiger charge is 2.89. The van der Waals surface area contributed by atoms with Gasteiger partial charge in [-0.3, -0.25) is 10.1 Å². The Morgan fingerprint density at radius 1 is 0.771 bits per heavy atom. The molecular weight excluding hydrogens is 756 g/mol. The van der Waals surface area contributed by atoms with Crippen molar-refractivity contribution < 1.29 is 4.92 Å². The van der Waals surface area contributed by atoms with Crippen molar-refractivity contribution in [2.75, 3.05) is 0 Å². The number of allylic oxidation sites excluding steroid dienone is 4. The van der Waals surface area contributed by atoms with Crippen molar-refractivity contribution in [2.24, 2.45) is 17.8 Å². The highest BCUT2D eigenvalue weighted by molar-refractivity contribution is 9.10. The molecule has 0 saturated heterocycles. The number of alkyl halides is 7. The van der Waals surface area contributed by atoms with E-state index in [1.54, 1.807) is 6.07 Å². The molecule has 0 radical (unpaired) electrons. The summed E-state index contributed by atoms with van der Waals surface area (Å²) < 4.78 is -3.40. The van der Waals surface area contributed by atoms with E-state index in [0.29, 0.717) is 11.1 Å². The third-order valence-corrected chi connectivity index (χ3v) is 16.3. The van der Waals surface area contributed by atoms with Crippen molar-refractivity contribution in [1.29, 1.82) is 0 Å². The van der Waals surface area contributed by atoms with E-state index >= 15 is 0 Å². The predicted molar refractivity (Wildman–Crippen MR) is 149 cm³/mol. The van der Waals surface area contributed by atoms with E-state index in [4.69, 9.17) is 128 Å². The summed E-state index contributed by atoms with van der Waals surface area (Å²) in [6.07, 6.45) is 0. The molecule has 2 saturated carbocycles. The maximum atomic E-state index is 11.8. The third kappa shape index (κ3) is 2.54. The second kappa shape index (κ2) is 7.53. The molecule has 0 heterocycles. The molecule has 0 spiro atoms. The third-order valence-electron chi connectivity index (χ3n) is 8.31. The summed E-state index contributed by atoms with van der Waals surface area (Å²) in [5.41, 5.74) is 0.862. The summed E-state index contributed by atoms with van der Waals surface area (Å²) in [6.45, 7) is 0. The normalized spacial score (nSPS) is 45.7. The fraction of sp³-hybridized carbons (Fsp3) is 0.500. The first-order valence-corrected chi connectivity index (χ1v) is 14.8. The molecule has 0 aliphatic heterocycles. The minimum atomic E-state index is -1.95. The lowest BCUT2D eigenvalue weighted by Crippen LogP contribution is -2.53. The summed E-state index contributed by atoms with van der Waals surface area (Å²) in [6, 6.07) is 3.01. The van der Waals surface area contributed by atoms with Crippen molar-refractivity contribution in [3.05, 3.63) is 58.0 Å². The number of hydrogen-bond donors (Lipinski definition) is 0. The lowest BCUT2D eigenvalue weighted by atomic mass is 9.57. The summed E-state index contributed by atoms with van der Waals surface area (Å²) >= 11 is 79.3. The molecule has 5 aliphatic rings. The van der Waals surface area contributed by atoms with Gasteiger partial charge in [0.05, 0.1) is 24.5 Å². The van der Waals surface area contributed by atoms with E-state index in [-0.39, 0.29) is 30.3 Å². The molecule has 4 bridgehead atoms. The molecular formula is C20H7BrCl11NO2. The first kappa shape index (κ1) is 27.0. The van der Waals surface area contributed by atoms with E-state index in [0.717, 1.165) is 0 Å². The Labute approximate surface area is 262 Å². The molecule has 188 valence electrons. The Balaban J connectivity index is 1.78. The summed E-state index contributed by atoms with van der Waals surface area (Å²) in [5, 5.41) is 12.0. The fourth-order valence-electron chi connectivity index (χ4n) is 7.07. The van der Waals surface area contributed by atoms with Gasteiger partial charge in [-0.25, -0.2) is 0 Å². The van der Waals surface area contributed by atoms with Crippen LogP contribution in [0.4, 0.5) is 5.69 Å². The van der Waals surface area contributed by atoms with Gasteiger partial charge in [-0.05, 0) is 39.0 Å². The summed E-state index contributed by atoms with van der Waals surface area (Å²) in [4.78, 5) is 6.20. The van der Waals surface area contributed by atoms with Crippen LogP contribution in [0.25, 0.3) is 0 Å². The summed E-state index contributed by atoms with van der Waals surface area (Å²) in [5.74, 6) is -3.76. The Kier molecular flexibility index (Phi) is 5.80. The van der Waals surface area contributed by atoms with Crippen LogP contribution in [0.15, 0.2) is 36.7 Å². The van der Waals surface area contributed by atoms with Gasteiger partial charge in [0.25, 0.3) is 5.69 Å². The number of fused-ring (bicyclic) bond motifs is 14. The van der Waals surface area contributed by atoms with Crippen LogP contribution in [0.2, 0.25) is 0 Å². The average Bonchev–Trinajstić information content (AvgIpc) is 3.14. The smallest absolute Gasteiger partial charge is 0.258 e. The average molecular weight is 763 g/mol. The first-order chi connectivity index (χ1) is 15.9. The maximum Gasteiger partial charge on any atom is 0.283 e. The van der Waals surface area contributed by atoms with E-state index in [2.05, 4.69) is 15.9 Å². The monoisotopic (exact) mass is 757 g/mol. The number of halogens is 12. The van der Waals surface area contributed by atoms with Crippen LogP contribution in [0.5, 0.6) is 0 Å². The van der Waals surface area contributed by atoms with Crippen molar-refractivity contribution >= 4 is 149 Å². The van der Waals surface area contributed by atoms with Crippen LogP contribution in [-0.4, -0.2) is 28.2 Å². The molecule has 2 fully saturated rings. The fourth-order valence-corrected chi connectivity index (χ4v) is 13.1. The maximum absolute atomic E-state index is 11.8. The lowest BCUT2D eigenvalue weighted by Gasteiger charge is -2.52. The van der Waals surface area contributed by atoms with Crippen molar-refractivity contribution in [3.63, 3.8) is 0 Å². The second-order valence-electron chi connectivity index (χ2n) is 9.34. The number of rotatable bonds is 1. The molecule has 35 heavy (non-hydrogen) atoms. The quantitative estimate of drug-likeness (QED) is 0.163.